The van der Waals surface area contributed by atoms with E-state index >= 15 is 0 Å². The molecule has 1 saturated heterocycles. The second-order valence-electron chi connectivity index (χ2n) is 5.31. The number of phenolic OH excluding ortho intramolecular Hbond substituents is 2. The molecule has 3 N–H and O–H groups in total. The average Bonchev–Trinajstić information content (AvgIpc) is 2.30. The van der Waals surface area contributed by atoms with Crippen molar-refractivity contribution in [2.24, 2.45) is 0 Å². The van der Waals surface area contributed by atoms with Gasteiger partial charge in [0.05, 0.1) is 0 Å². The molecular formula is C14H22N2O2. The van der Waals surface area contributed by atoms with Crippen molar-refractivity contribution >= 4 is 0 Å². The Hall–Kier alpha value is -1.26. The van der Waals surface area contributed by atoms with Gasteiger partial charge in [-0.15, -0.1) is 0 Å². The maximum Gasteiger partial charge on any atom is 0.119 e. The number of rotatable bonds is 2. The third-order valence-corrected chi connectivity index (χ3v) is 3.72. The van der Waals surface area contributed by atoms with E-state index in [0.717, 1.165) is 18.7 Å². The highest BCUT2D eigenvalue weighted by Crippen LogP contribution is 2.30. The van der Waals surface area contributed by atoms with Crippen LogP contribution in [0.3, 0.4) is 0 Å². The lowest BCUT2D eigenvalue weighted by Gasteiger charge is -2.41. The molecule has 1 aromatic rings. The molecule has 3 atom stereocenters. The molecule has 1 fully saturated rings. The molecular weight excluding hydrogens is 228 g/mol. The second-order valence-corrected chi connectivity index (χ2v) is 5.31. The second kappa shape index (κ2) is 5.16. The summed E-state index contributed by atoms with van der Waals surface area (Å²) in [5.74, 6) is 0.236. The van der Waals surface area contributed by atoms with Gasteiger partial charge in [0.2, 0.25) is 0 Å². The number of nitrogens with zero attached hydrogens (tertiary/aromatic N) is 1. The van der Waals surface area contributed by atoms with Crippen molar-refractivity contribution in [3.63, 3.8) is 0 Å². The van der Waals surface area contributed by atoms with Crippen molar-refractivity contribution in [2.75, 3.05) is 13.1 Å². The first-order valence-electron chi connectivity index (χ1n) is 6.49. The lowest BCUT2D eigenvalue weighted by Crippen LogP contribution is -2.54. The van der Waals surface area contributed by atoms with E-state index in [4.69, 9.17) is 0 Å². The molecule has 0 aliphatic carbocycles. The Morgan fingerprint density at radius 1 is 1.22 bits per heavy atom. The van der Waals surface area contributed by atoms with Crippen LogP contribution in [0, 0.1) is 0 Å². The van der Waals surface area contributed by atoms with E-state index in [2.05, 4.69) is 31.0 Å². The zero-order chi connectivity index (χ0) is 13.3. The Morgan fingerprint density at radius 3 is 2.44 bits per heavy atom. The lowest BCUT2D eigenvalue weighted by molar-refractivity contribution is 0.103. The summed E-state index contributed by atoms with van der Waals surface area (Å²) in [6.07, 6.45) is 0. The van der Waals surface area contributed by atoms with E-state index in [-0.39, 0.29) is 17.5 Å². The molecule has 0 spiro atoms. The Balaban J connectivity index is 2.21. The van der Waals surface area contributed by atoms with Gasteiger partial charge in [0.1, 0.15) is 11.5 Å². The van der Waals surface area contributed by atoms with Crippen LogP contribution in [-0.2, 0) is 0 Å². The van der Waals surface area contributed by atoms with Gasteiger partial charge in [0, 0.05) is 37.3 Å². The normalized spacial score (nSPS) is 27.1. The third kappa shape index (κ3) is 2.76. The minimum absolute atomic E-state index is 0.118. The van der Waals surface area contributed by atoms with Crippen LogP contribution in [0.4, 0.5) is 0 Å². The van der Waals surface area contributed by atoms with Crippen molar-refractivity contribution < 1.29 is 10.2 Å². The summed E-state index contributed by atoms with van der Waals surface area (Å²) < 4.78 is 0. The first kappa shape index (κ1) is 13.2. The molecule has 1 aliphatic heterocycles. The van der Waals surface area contributed by atoms with E-state index in [0.29, 0.717) is 12.1 Å². The number of phenols is 2. The molecule has 4 nitrogen and oxygen atoms in total. The monoisotopic (exact) mass is 250 g/mol. The summed E-state index contributed by atoms with van der Waals surface area (Å²) in [7, 11) is 0. The summed E-state index contributed by atoms with van der Waals surface area (Å²) in [6.45, 7) is 8.42. The highest BCUT2D eigenvalue weighted by molar-refractivity contribution is 5.38. The van der Waals surface area contributed by atoms with Gasteiger partial charge in [0.25, 0.3) is 0 Å². The number of hydrogen-bond donors (Lipinski definition) is 3. The molecule has 2 rings (SSSR count). The molecule has 0 saturated carbocycles. The maximum absolute atomic E-state index is 9.57. The van der Waals surface area contributed by atoms with Crippen LogP contribution in [0.25, 0.3) is 0 Å². The predicted octanol–water partition coefficient (Wildman–Crippen LogP) is 1.84. The number of benzene rings is 1. The molecule has 18 heavy (non-hydrogen) atoms. The standard InChI is InChI=1S/C14H22N2O2/c1-9-8-16(10(2)7-15-9)11(3)12-4-13(17)6-14(18)5-12/h4-6,9-11,15,17-18H,7-8H2,1-3H3. The Bertz CT molecular complexity index is 402. The number of aromatic hydroxyl groups is 2. The minimum atomic E-state index is 0.118. The van der Waals surface area contributed by atoms with Crippen molar-refractivity contribution in [1.82, 2.24) is 10.2 Å². The van der Waals surface area contributed by atoms with Gasteiger partial charge >= 0.3 is 0 Å². The summed E-state index contributed by atoms with van der Waals surface area (Å²) in [5.41, 5.74) is 0.952. The van der Waals surface area contributed by atoms with Crippen molar-refractivity contribution in [1.29, 1.82) is 0 Å². The molecule has 1 heterocycles. The van der Waals surface area contributed by atoms with Crippen LogP contribution in [0.15, 0.2) is 18.2 Å². The van der Waals surface area contributed by atoms with E-state index in [1.165, 1.54) is 6.07 Å². The van der Waals surface area contributed by atoms with Gasteiger partial charge in [-0.2, -0.15) is 0 Å². The number of nitrogens with one attached hydrogen (secondary N) is 1. The molecule has 0 amide bonds. The van der Waals surface area contributed by atoms with Crippen molar-refractivity contribution in [3.8, 4) is 11.5 Å². The molecule has 1 aromatic carbocycles. The summed E-state index contributed by atoms with van der Waals surface area (Å²) >= 11 is 0. The van der Waals surface area contributed by atoms with E-state index in [1.54, 1.807) is 12.1 Å². The van der Waals surface area contributed by atoms with Gasteiger partial charge < -0.3 is 15.5 Å². The Morgan fingerprint density at radius 2 is 1.83 bits per heavy atom. The van der Waals surface area contributed by atoms with Crippen molar-refractivity contribution in [3.05, 3.63) is 23.8 Å². The molecule has 0 aromatic heterocycles. The number of hydrogen-bond acceptors (Lipinski definition) is 4. The van der Waals surface area contributed by atoms with E-state index in [1.807, 2.05) is 0 Å². The topological polar surface area (TPSA) is 55.7 Å². The maximum atomic E-state index is 9.57. The molecule has 1 aliphatic rings. The van der Waals surface area contributed by atoms with Crippen LogP contribution >= 0.6 is 0 Å². The van der Waals surface area contributed by atoms with Crippen LogP contribution in [0.2, 0.25) is 0 Å². The van der Waals surface area contributed by atoms with E-state index in [9.17, 15) is 10.2 Å². The molecule has 0 bridgehead atoms. The zero-order valence-corrected chi connectivity index (χ0v) is 11.2. The third-order valence-electron chi connectivity index (χ3n) is 3.72. The number of piperazine rings is 1. The summed E-state index contributed by atoms with van der Waals surface area (Å²) in [6, 6.07) is 5.91. The fraction of sp³-hybridized carbons (Fsp3) is 0.571. The summed E-state index contributed by atoms with van der Waals surface area (Å²) in [5, 5.41) is 22.6. The van der Waals surface area contributed by atoms with Crippen LogP contribution in [-0.4, -0.2) is 40.3 Å². The highest BCUT2D eigenvalue weighted by Gasteiger charge is 2.27. The van der Waals surface area contributed by atoms with Gasteiger partial charge in [-0.05, 0) is 38.5 Å². The first-order chi connectivity index (χ1) is 8.47. The zero-order valence-electron chi connectivity index (χ0n) is 11.2. The molecule has 100 valence electrons. The fourth-order valence-corrected chi connectivity index (χ4v) is 2.64. The molecule has 4 heteroatoms. The SMILES string of the molecule is CC1CN(C(C)c2cc(O)cc(O)c2)C(C)CN1. The van der Waals surface area contributed by atoms with Gasteiger partial charge in [-0.3, -0.25) is 4.90 Å². The van der Waals surface area contributed by atoms with Gasteiger partial charge in [-0.25, -0.2) is 0 Å². The predicted molar refractivity (Wildman–Crippen MR) is 71.8 cm³/mol. The average molecular weight is 250 g/mol. The highest BCUT2D eigenvalue weighted by atomic mass is 16.3. The van der Waals surface area contributed by atoms with Crippen LogP contribution in [0.1, 0.15) is 32.4 Å². The van der Waals surface area contributed by atoms with Gasteiger partial charge in [-0.1, -0.05) is 0 Å². The lowest BCUT2D eigenvalue weighted by atomic mass is 10.0. The van der Waals surface area contributed by atoms with Gasteiger partial charge in [0.15, 0.2) is 0 Å². The van der Waals surface area contributed by atoms with Crippen LogP contribution in [0.5, 0.6) is 11.5 Å². The smallest absolute Gasteiger partial charge is 0.119 e. The molecule has 3 unspecified atom stereocenters. The summed E-state index contributed by atoms with van der Waals surface area (Å²) in [4.78, 5) is 2.40. The fourth-order valence-electron chi connectivity index (χ4n) is 2.64. The quantitative estimate of drug-likeness (QED) is 0.749. The van der Waals surface area contributed by atoms with Crippen LogP contribution < -0.4 is 5.32 Å². The van der Waals surface area contributed by atoms with Crippen molar-refractivity contribution in [2.45, 2.75) is 38.9 Å². The Labute approximate surface area is 108 Å². The van der Waals surface area contributed by atoms with E-state index < -0.39 is 0 Å². The largest absolute Gasteiger partial charge is 0.508 e. The minimum Gasteiger partial charge on any atom is -0.508 e. The first-order valence-corrected chi connectivity index (χ1v) is 6.49. The molecule has 0 radical (unpaired) electrons. The Kier molecular flexibility index (Phi) is 3.78.